The summed E-state index contributed by atoms with van der Waals surface area (Å²) in [6.45, 7) is -0.715. The smallest absolute Gasteiger partial charge is 0.372 e. The average molecular weight is 487 g/mol. The first-order valence-electron chi connectivity index (χ1n) is 8.48. The minimum Gasteiger partial charge on any atom is -0.464 e. The summed E-state index contributed by atoms with van der Waals surface area (Å²) < 4.78 is 32.3. The average Bonchev–Trinajstić information content (AvgIpc) is 2.75. The second-order valence-electron chi connectivity index (χ2n) is 5.96. The number of ether oxygens (including phenoxy) is 1. The number of hydrogen-bond donors (Lipinski definition) is 1. The number of nitrogens with zero attached hydrogens (tertiary/aromatic N) is 2. The molecule has 0 amide bonds. The van der Waals surface area contributed by atoms with Gasteiger partial charge in [0.25, 0.3) is 0 Å². The number of nitrogens with two attached hydrogens (primary N) is 1. The summed E-state index contributed by atoms with van der Waals surface area (Å²) in [5, 5.41) is 3.58. The zero-order valence-corrected chi connectivity index (χ0v) is 17.7. The lowest BCUT2D eigenvalue weighted by Gasteiger charge is -2.10. The van der Waals surface area contributed by atoms with E-state index in [2.05, 4.69) is 10.1 Å². The Bertz CT molecular complexity index is 1160. The zero-order chi connectivity index (χ0) is 22.5. The SMILES string of the molecule is Nc1c(Cl)c(F)nc(OCC(=O)O/N=C(/c2ccc(Cl)cc2)c2cccc(F)c2)c1Cl. The molecular formula is C20H12Cl3F2N3O3. The zero-order valence-electron chi connectivity index (χ0n) is 15.4. The Balaban J connectivity index is 1.79. The first-order chi connectivity index (χ1) is 14.8. The van der Waals surface area contributed by atoms with Crippen LogP contribution in [0.15, 0.2) is 53.7 Å². The number of aromatic nitrogens is 1. The maximum absolute atomic E-state index is 13.7. The Morgan fingerprint density at radius 3 is 2.42 bits per heavy atom. The van der Waals surface area contributed by atoms with Crippen molar-refractivity contribution in [1.29, 1.82) is 0 Å². The van der Waals surface area contributed by atoms with Gasteiger partial charge in [-0.1, -0.05) is 64.2 Å². The molecule has 0 aliphatic rings. The molecule has 31 heavy (non-hydrogen) atoms. The molecule has 0 saturated heterocycles. The number of anilines is 1. The van der Waals surface area contributed by atoms with Crippen molar-refractivity contribution in [3.05, 3.63) is 86.5 Å². The van der Waals surface area contributed by atoms with Crippen LogP contribution in [0, 0.1) is 11.8 Å². The van der Waals surface area contributed by atoms with Crippen molar-refractivity contribution < 1.29 is 23.1 Å². The number of carbonyl (C=O) groups excluding carboxylic acids is 1. The summed E-state index contributed by atoms with van der Waals surface area (Å²) in [6, 6.07) is 12.0. The van der Waals surface area contributed by atoms with Crippen LogP contribution in [0.4, 0.5) is 14.5 Å². The van der Waals surface area contributed by atoms with E-state index in [1.54, 1.807) is 30.3 Å². The molecular weight excluding hydrogens is 475 g/mol. The Labute approximate surface area is 190 Å². The lowest BCUT2D eigenvalue weighted by Crippen LogP contribution is -2.15. The minimum absolute atomic E-state index is 0.169. The Kier molecular flexibility index (Phi) is 7.27. The van der Waals surface area contributed by atoms with Crippen molar-refractivity contribution >= 4 is 52.2 Å². The highest BCUT2D eigenvalue weighted by atomic mass is 35.5. The van der Waals surface area contributed by atoms with E-state index in [0.717, 1.165) is 0 Å². The fourth-order valence-electron chi connectivity index (χ4n) is 2.37. The summed E-state index contributed by atoms with van der Waals surface area (Å²) in [6.07, 6.45) is 0. The topological polar surface area (TPSA) is 86.8 Å². The number of nitrogen functional groups attached to an aromatic ring is 1. The summed E-state index contributed by atoms with van der Waals surface area (Å²) in [7, 11) is 0. The standard InChI is InChI=1S/C20H12Cl3F2N3O3/c21-12-6-4-10(5-7-12)18(11-2-1-3-13(24)8-11)28-31-14(29)9-30-20-16(23)17(26)15(22)19(25)27-20/h1-8H,9H2,(H2,26,27)/b28-18-. The van der Waals surface area contributed by atoms with Crippen LogP contribution in [0.3, 0.4) is 0 Å². The molecule has 2 aromatic carbocycles. The van der Waals surface area contributed by atoms with Crippen LogP contribution in [0.25, 0.3) is 0 Å². The molecule has 0 saturated carbocycles. The molecule has 3 aromatic rings. The molecule has 0 bridgehead atoms. The highest BCUT2D eigenvalue weighted by molar-refractivity contribution is 6.39. The first kappa shape index (κ1) is 22.7. The second-order valence-corrected chi connectivity index (χ2v) is 7.15. The van der Waals surface area contributed by atoms with Gasteiger partial charge in [0, 0.05) is 16.1 Å². The second kappa shape index (κ2) is 9.91. The van der Waals surface area contributed by atoms with E-state index in [4.69, 9.17) is 50.1 Å². The molecule has 1 aromatic heterocycles. The van der Waals surface area contributed by atoms with E-state index in [0.29, 0.717) is 16.1 Å². The molecule has 11 heteroatoms. The minimum atomic E-state index is -1.11. The largest absolute Gasteiger partial charge is 0.464 e. The quantitative estimate of drug-likeness (QED) is 0.222. The molecule has 2 N–H and O–H groups in total. The lowest BCUT2D eigenvalue weighted by atomic mass is 10.0. The molecule has 6 nitrogen and oxygen atoms in total. The molecule has 0 aliphatic heterocycles. The van der Waals surface area contributed by atoms with Gasteiger partial charge in [-0.3, -0.25) is 0 Å². The summed E-state index contributed by atoms with van der Waals surface area (Å²) in [5.41, 5.74) is 6.29. The number of benzene rings is 2. The summed E-state index contributed by atoms with van der Waals surface area (Å²) >= 11 is 17.4. The predicted octanol–water partition coefficient (Wildman–Crippen LogP) is 5.28. The Morgan fingerprint density at radius 1 is 1.03 bits per heavy atom. The number of carbonyl (C=O) groups is 1. The van der Waals surface area contributed by atoms with Gasteiger partial charge in [-0.05, 0) is 24.3 Å². The first-order valence-corrected chi connectivity index (χ1v) is 9.62. The van der Waals surface area contributed by atoms with Crippen LogP contribution in [0.1, 0.15) is 11.1 Å². The third-order valence-electron chi connectivity index (χ3n) is 3.82. The number of hydrogen-bond acceptors (Lipinski definition) is 6. The van der Waals surface area contributed by atoms with Crippen molar-refractivity contribution in [1.82, 2.24) is 4.98 Å². The highest BCUT2D eigenvalue weighted by Crippen LogP contribution is 2.35. The Hall–Kier alpha value is -2.94. The third-order valence-corrected chi connectivity index (χ3v) is 4.80. The van der Waals surface area contributed by atoms with E-state index < -0.39 is 35.2 Å². The molecule has 0 spiro atoms. The van der Waals surface area contributed by atoms with E-state index in [9.17, 15) is 13.6 Å². The predicted molar refractivity (Wildman–Crippen MR) is 114 cm³/mol. The van der Waals surface area contributed by atoms with Crippen molar-refractivity contribution in [3.63, 3.8) is 0 Å². The fraction of sp³-hybridized carbons (Fsp3) is 0.0500. The van der Waals surface area contributed by atoms with E-state index in [1.807, 2.05) is 0 Å². The van der Waals surface area contributed by atoms with Gasteiger partial charge in [-0.2, -0.15) is 9.37 Å². The van der Waals surface area contributed by atoms with E-state index in [1.165, 1.54) is 18.2 Å². The monoisotopic (exact) mass is 485 g/mol. The van der Waals surface area contributed by atoms with Crippen LogP contribution >= 0.6 is 34.8 Å². The van der Waals surface area contributed by atoms with Crippen LogP contribution in [-0.2, 0) is 9.63 Å². The van der Waals surface area contributed by atoms with Gasteiger partial charge in [-0.15, -0.1) is 0 Å². The highest BCUT2D eigenvalue weighted by Gasteiger charge is 2.18. The van der Waals surface area contributed by atoms with Crippen molar-refractivity contribution in [3.8, 4) is 5.88 Å². The van der Waals surface area contributed by atoms with E-state index >= 15 is 0 Å². The molecule has 1 heterocycles. The molecule has 0 fully saturated rings. The van der Waals surface area contributed by atoms with Gasteiger partial charge in [0.15, 0.2) is 6.61 Å². The molecule has 0 aliphatic carbocycles. The van der Waals surface area contributed by atoms with E-state index in [-0.39, 0.29) is 16.4 Å². The molecule has 3 rings (SSSR count). The van der Waals surface area contributed by atoms with Crippen molar-refractivity contribution in [2.75, 3.05) is 12.3 Å². The lowest BCUT2D eigenvalue weighted by molar-refractivity contribution is -0.146. The van der Waals surface area contributed by atoms with Gasteiger partial charge in [-0.25, -0.2) is 9.18 Å². The molecule has 0 unspecified atom stereocenters. The van der Waals surface area contributed by atoms with Crippen molar-refractivity contribution in [2.45, 2.75) is 0 Å². The van der Waals surface area contributed by atoms with Crippen LogP contribution < -0.4 is 10.5 Å². The van der Waals surface area contributed by atoms with Gasteiger partial charge < -0.3 is 15.3 Å². The third kappa shape index (κ3) is 5.61. The number of oxime groups is 1. The van der Waals surface area contributed by atoms with Gasteiger partial charge >= 0.3 is 5.97 Å². The van der Waals surface area contributed by atoms with Crippen LogP contribution in [-0.4, -0.2) is 23.3 Å². The maximum atomic E-state index is 13.7. The number of pyridine rings is 1. The van der Waals surface area contributed by atoms with Crippen LogP contribution in [0.2, 0.25) is 15.1 Å². The van der Waals surface area contributed by atoms with Crippen molar-refractivity contribution in [2.24, 2.45) is 5.16 Å². The molecule has 160 valence electrons. The molecule has 0 radical (unpaired) electrons. The van der Waals surface area contributed by atoms with Gasteiger partial charge in [0.2, 0.25) is 11.8 Å². The summed E-state index contributed by atoms with van der Waals surface area (Å²) in [5.74, 6) is -3.02. The van der Waals surface area contributed by atoms with Crippen LogP contribution in [0.5, 0.6) is 5.88 Å². The summed E-state index contributed by atoms with van der Waals surface area (Å²) in [4.78, 5) is 20.3. The molecule has 0 atom stereocenters. The maximum Gasteiger partial charge on any atom is 0.372 e. The Morgan fingerprint density at radius 2 is 1.74 bits per heavy atom. The number of rotatable bonds is 6. The van der Waals surface area contributed by atoms with Gasteiger partial charge in [0.1, 0.15) is 21.6 Å². The fourth-order valence-corrected chi connectivity index (χ4v) is 2.87. The van der Waals surface area contributed by atoms with Gasteiger partial charge in [0.05, 0.1) is 5.69 Å². The number of halogens is 5. The normalized spacial score (nSPS) is 11.3.